The predicted molar refractivity (Wildman–Crippen MR) is 65.9 cm³/mol. The highest BCUT2D eigenvalue weighted by atomic mass is 35.5. The molecule has 1 amide bonds. The van der Waals surface area contributed by atoms with Crippen molar-refractivity contribution in [1.82, 2.24) is 10.3 Å². The zero-order chi connectivity index (χ0) is 13.1. The van der Waals surface area contributed by atoms with E-state index in [0.717, 1.165) is 12.8 Å². The second-order valence-corrected chi connectivity index (χ2v) is 4.43. The maximum Gasteiger partial charge on any atom is 0.356 e. The fourth-order valence-corrected chi connectivity index (χ4v) is 1.55. The highest BCUT2D eigenvalue weighted by molar-refractivity contribution is 6.33. The summed E-state index contributed by atoms with van der Waals surface area (Å²) in [5.74, 6) is -1.03. The van der Waals surface area contributed by atoms with Crippen LogP contribution in [0, 0.1) is 0 Å². The van der Waals surface area contributed by atoms with Gasteiger partial charge in [-0.3, -0.25) is 4.79 Å². The summed E-state index contributed by atoms with van der Waals surface area (Å²) in [6.45, 7) is 0.0597. The van der Waals surface area contributed by atoms with Gasteiger partial charge in [0.1, 0.15) is 5.82 Å². The first-order valence-corrected chi connectivity index (χ1v) is 5.87. The van der Waals surface area contributed by atoms with Crippen molar-refractivity contribution in [2.45, 2.75) is 18.9 Å². The van der Waals surface area contributed by atoms with Gasteiger partial charge in [-0.2, -0.15) is 0 Å². The quantitative estimate of drug-likeness (QED) is 0.745. The number of nitrogens with zero attached hydrogens (tertiary/aromatic N) is 1. The molecule has 0 atom stereocenters. The van der Waals surface area contributed by atoms with Crippen molar-refractivity contribution in [3.05, 3.63) is 22.8 Å². The van der Waals surface area contributed by atoms with Crippen LogP contribution in [0.1, 0.15) is 23.3 Å². The number of aromatic nitrogens is 1. The number of carbonyl (C=O) groups is 2. The molecule has 1 fully saturated rings. The van der Waals surface area contributed by atoms with Gasteiger partial charge in [0, 0.05) is 6.04 Å². The summed E-state index contributed by atoms with van der Waals surface area (Å²) in [6, 6.07) is 3.25. The molecule has 0 spiro atoms. The molecule has 1 heterocycles. The van der Waals surface area contributed by atoms with E-state index < -0.39 is 5.97 Å². The topological polar surface area (TPSA) is 91.3 Å². The summed E-state index contributed by atoms with van der Waals surface area (Å²) in [7, 11) is 0. The molecule has 0 aromatic carbocycles. The average molecular weight is 270 g/mol. The summed E-state index contributed by atoms with van der Waals surface area (Å²) < 4.78 is 0. The Labute approximate surface area is 108 Å². The highest BCUT2D eigenvalue weighted by Crippen LogP contribution is 2.18. The summed E-state index contributed by atoms with van der Waals surface area (Å²) in [4.78, 5) is 26.0. The molecule has 6 nitrogen and oxygen atoms in total. The third-order valence-electron chi connectivity index (χ3n) is 2.42. The van der Waals surface area contributed by atoms with E-state index in [9.17, 15) is 9.59 Å². The lowest BCUT2D eigenvalue weighted by atomic mass is 10.3. The molecule has 1 aliphatic carbocycles. The van der Waals surface area contributed by atoms with Crippen molar-refractivity contribution < 1.29 is 14.7 Å². The standard InChI is InChI=1S/C11H12ClN3O3/c12-7-3-4-8(15-10(7)11(17)18)13-5-9(16)14-6-1-2-6/h3-4,6H,1-2,5H2,(H,13,15)(H,14,16)(H,17,18). The first-order chi connectivity index (χ1) is 8.56. The molecule has 96 valence electrons. The van der Waals surface area contributed by atoms with Gasteiger partial charge >= 0.3 is 5.97 Å². The predicted octanol–water partition coefficient (Wildman–Crippen LogP) is 1.12. The minimum absolute atomic E-state index is 0.0597. The molecule has 0 radical (unpaired) electrons. The van der Waals surface area contributed by atoms with Gasteiger partial charge in [-0.25, -0.2) is 9.78 Å². The number of aromatic carboxylic acids is 1. The third-order valence-corrected chi connectivity index (χ3v) is 2.73. The number of anilines is 1. The van der Waals surface area contributed by atoms with E-state index in [1.54, 1.807) is 0 Å². The van der Waals surface area contributed by atoms with E-state index in [1.807, 2.05) is 0 Å². The zero-order valence-electron chi connectivity index (χ0n) is 9.44. The SMILES string of the molecule is O=C(CNc1ccc(Cl)c(C(=O)O)n1)NC1CC1. The molecule has 1 aromatic rings. The molecule has 0 bridgehead atoms. The molecule has 18 heavy (non-hydrogen) atoms. The molecule has 2 rings (SSSR count). The monoisotopic (exact) mass is 269 g/mol. The second-order valence-electron chi connectivity index (χ2n) is 4.03. The van der Waals surface area contributed by atoms with Crippen LogP contribution in [0.2, 0.25) is 5.02 Å². The van der Waals surface area contributed by atoms with E-state index in [2.05, 4.69) is 15.6 Å². The van der Waals surface area contributed by atoms with Crippen LogP contribution in [0.4, 0.5) is 5.82 Å². The van der Waals surface area contributed by atoms with Gasteiger partial charge in [0.15, 0.2) is 5.69 Å². The fourth-order valence-electron chi connectivity index (χ4n) is 1.37. The number of nitrogens with one attached hydrogen (secondary N) is 2. The van der Waals surface area contributed by atoms with Crippen LogP contribution >= 0.6 is 11.6 Å². The van der Waals surface area contributed by atoms with Crippen molar-refractivity contribution >= 4 is 29.3 Å². The Morgan fingerprint density at radius 1 is 1.44 bits per heavy atom. The molecule has 0 aliphatic heterocycles. The van der Waals surface area contributed by atoms with Gasteiger partial charge in [-0.05, 0) is 25.0 Å². The minimum Gasteiger partial charge on any atom is -0.476 e. The molecular formula is C11H12ClN3O3. The number of carboxylic acid groups (broad SMARTS) is 1. The van der Waals surface area contributed by atoms with Gasteiger partial charge in [-0.15, -0.1) is 0 Å². The third kappa shape index (κ3) is 3.33. The summed E-state index contributed by atoms with van der Waals surface area (Å²) in [6.07, 6.45) is 2.04. The van der Waals surface area contributed by atoms with Crippen molar-refractivity contribution in [2.24, 2.45) is 0 Å². The molecule has 1 saturated carbocycles. The van der Waals surface area contributed by atoms with Gasteiger partial charge in [0.05, 0.1) is 11.6 Å². The largest absolute Gasteiger partial charge is 0.476 e. The maximum atomic E-state index is 11.4. The van der Waals surface area contributed by atoms with Crippen LogP contribution in [-0.4, -0.2) is 34.6 Å². The number of halogens is 1. The molecular weight excluding hydrogens is 258 g/mol. The Balaban J connectivity index is 1.94. The minimum atomic E-state index is -1.20. The van der Waals surface area contributed by atoms with E-state index in [4.69, 9.17) is 16.7 Å². The number of hydrogen-bond donors (Lipinski definition) is 3. The summed E-state index contributed by atoms with van der Waals surface area (Å²) in [5, 5.41) is 14.5. The molecule has 0 unspecified atom stereocenters. The first-order valence-electron chi connectivity index (χ1n) is 5.49. The first kappa shape index (κ1) is 12.6. The van der Waals surface area contributed by atoms with Crippen LogP contribution < -0.4 is 10.6 Å². The fraction of sp³-hybridized carbons (Fsp3) is 0.364. The normalized spacial score (nSPS) is 14.1. The van der Waals surface area contributed by atoms with Crippen molar-refractivity contribution in [3.8, 4) is 0 Å². The molecule has 1 aliphatic rings. The average Bonchev–Trinajstić information content (AvgIpc) is 3.11. The lowest BCUT2D eigenvalue weighted by Crippen LogP contribution is -2.31. The summed E-state index contributed by atoms with van der Waals surface area (Å²) in [5.41, 5.74) is -0.232. The van der Waals surface area contributed by atoms with Crippen molar-refractivity contribution in [1.29, 1.82) is 0 Å². The van der Waals surface area contributed by atoms with E-state index in [-0.39, 0.29) is 23.2 Å². The molecule has 3 N–H and O–H groups in total. The lowest BCUT2D eigenvalue weighted by molar-refractivity contribution is -0.119. The van der Waals surface area contributed by atoms with E-state index in [0.29, 0.717) is 11.9 Å². The van der Waals surface area contributed by atoms with E-state index >= 15 is 0 Å². The Bertz CT molecular complexity index is 488. The number of pyridine rings is 1. The van der Waals surface area contributed by atoms with Crippen molar-refractivity contribution in [2.75, 3.05) is 11.9 Å². The smallest absolute Gasteiger partial charge is 0.356 e. The lowest BCUT2D eigenvalue weighted by Gasteiger charge is -2.07. The highest BCUT2D eigenvalue weighted by Gasteiger charge is 2.22. The molecule has 1 aromatic heterocycles. The van der Waals surface area contributed by atoms with Crippen LogP contribution in [0.5, 0.6) is 0 Å². The van der Waals surface area contributed by atoms with Crippen molar-refractivity contribution in [3.63, 3.8) is 0 Å². The number of carboxylic acids is 1. The van der Waals surface area contributed by atoms with Crippen LogP contribution in [0.15, 0.2) is 12.1 Å². The molecule has 0 saturated heterocycles. The van der Waals surface area contributed by atoms with Crippen LogP contribution in [-0.2, 0) is 4.79 Å². The van der Waals surface area contributed by atoms with Crippen LogP contribution in [0.25, 0.3) is 0 Å². The van der Waals surface area contributed by atoms with E-state index in [1.165, 1.54) is 12.1 Å². The Hall–Kier alpha value is -1.82. The number of carbonyl (C=O) groups excluding carboxylic acids is 1. The Morgan fingerprint density at radius 2 is 2.17 bits per heavy atom. The number of amides is 1. The molecule has 7 heteroatoms. The zero-order valence-corrected chi connectivity index (χ0v) is 10.2. The summed E-state index contributed by atoms with van der Waals surface area (Å²) >= 11 is 5.68. The second kappa shape index (κ2) is 5.22. The van der Waals surface area contributed by atoms with Gasteiger partial charge < -0.3 is 15.7 Å². The van der Waals surface area contributed by atoms with Crippen LogP contribution in [0.3, 0.4) is 0 Å². The number of rotatable bonds is 5. The number of hydrogen-bond acceptors (Lipinski definition) is 4. The maximum absolute atomic E-state index is 11.4. The van der Waals surface area contributed by atoms with Gasteiger partial charge in [-0.1, -0.05) is 11.6 Å². The van der Waals surface area contributed by atoms with Gasteiger partial charge in [0.25, 0.3) is 0 Å². The Kier molecular flexibility index (Phi) is 3.66. The Morgan fingerprint density at radius 3 is 2.78 bits per heavy atom. The van der Waals surface area contributed by atoms with Gasteiger partial charge in [0.2, 0.25) is 5.91 Å².